The van der Waals surface area contributed by atoms with Crippen molar-refractivity contribution >= 4 is 36.0 Å². The number of rotatable bonds is 4. The van der Waals surface area contributed by atoms with Gasteiger partial charge in [-0.15, -0.1) is 24.2 Å². The minimum atomic E-state index is -0.229. The van der Waals surface area contributed by atoms with Crippen LogP contribution in [0.3, 0.4) is 0 Å². The van der Waals surface area contributed by atoms with E-state index in [0.717, 1.165) is 44.8 Å². The maximum Gasteiger partial charge on any atom is 0.246 e. The van der Waals surface area contributed by atoms with Gasteiger partial charge in [-0.3, -0.25) is 9.59 Å². The van der Waals surface area contributed by atoms with Crippen molar-refractivity contribution in [3.05, 3.63) is 0 Å². The van der Waals surface area contributed by atoms with Crippen molar-refractivity contribution in [2.75, 3.05) is 37.8 Å². The Kier molecular flexibility index (Phi) is 7.69. The lowest BCUT2D eigenvalue weighted by molar-refractivity contribution is -0.143. The molecule has 116 valence electrons. The Hall–Kier alpha value is -0.460. The largest absolute Gasteiger partial charge is 0.338 e. The van der Waals surface area contributed by atoms with Crippen LogP contribution in [0.25, 0.3) is 0 Å². The van der Waals surface area contributed by atoms with Crippen LogP contribution in [0.15, 0.2) is 0 Å². The average Bonchev–Trinajstić information content (AvgIpc) is 2.94. The van der Waals surface area contributed by atoms with Crippen molar-refractivity contribution < 1.29 is 9.59 Å². The highest BCUT2D eigenvalue weighted by Gasteiger charge is 2.36. The molecular formula is C13H24ClN3O2S. The molecule has 1 unspecified atom stereocenters. The molecule has 0 aliphatic carbocycles. The van der Waals surface area contributed by atoms with Crippen LogP contribution >= 0.6 is 24.2 Å². The number of nitrogens with one attached hydrogen (secondary N) is 1. The molecule has 7 heteroatoms. The number of thioether (sulfide) groups is 1. The summed E-state index contributed by atoms with van der Waals surface area (Å²) in [6.07, 6.45) is 2.50. The van der Waals surface area contributed by atoms with Crippen LogP contribution in [0, 0.1) is 0 Å². The van der Waals surface area contributed by atoms with Gasteiger partial charge in [0.2, 0.25) is 11.8 Å². The fraction of sp³-hybridized carbons (Fsp3) is 0.846. The van der Waals surface area contributed by atoms with Gasteiger partial charge in [-0.2, -0.15) is 0 Å². The Balaban J connectivity index is 0.00000200. The topological polar surface area (TPSA) is 52.7 Å². The van der Waals surface area contributed by atoms with Crippen LogP contribution in [-0.4, -0.2) is 65.5 Å². The van der Waals surface area contributed by atoms with Crippen molar-refractivity contribution in [3.63, 3.8) is 0 Å². The van der Waals surface area contributed by atoms with Gasteiger partial charge in [0.05, 0.1) is 5.88 Å². The molecule has 1 atom stereocenters. The lowest BCUT2D eigenvalue weighted by Crippen LogP contribution is -2.54. The normalized spacial score (nSPS) is 22.6. The highest BCUT2D eigenvalue weighted by atomic mass is 35.5. The summed E-state index contributed by atoms with van der Waals surface area (Å²) >= 11 is 1.69. The van der Waals surface area contributed by atoms with Crippen molar-refractivity contribution in [2.24, 2.45) is 0 Å². The lowest BCUT2D eigenvalue weighted by Gasteiger charge is -2.32. The minimum absolute atomic E-state index is 0. The third-order valence-corrected chi connectivity index (χ3v) is 4.67. The minimum Gasteiger partial charge on any atom is -0.338 e. The highest BCUT2D eigenvalue weighted by Crippen LogP contribution is 2.24. The van der Waals surface area contributed by atoms with Gasteiger partial charge < -0.3 is 15.1 Å². The molecule has 0 bridgehead atoms. The summed E-state index contributed by atoms with van der Waals surface area (Å²) in [6, 6.07) is -0.229. The SMILES string of the molecule is CCCCC(=O)N1CSCC1C(=O)N1CCNCC1.Cl. The Morgan fingerprint density at radius 3 is 2.65 bits per heavy atom. The first-order chi connectivity index (χ1) is 9.24. The van der Waals surface area contributed by atoms with Crippen molar-refractivity contribution in [1.29, 1.82) is 0 Å². The molecular weight excluding hydrogens is 298 g/mol. The van der Waals surface area contributed by atoms with E-state index in [1.165, 1.54) is 0 Å². The summed E-state index contributed by atoms with van der Waals surface area (Å²) in [5.74, 6) is 1.70. The molecule has 2 amide bonds. The van der Waals surface area contributed by atoms with E-state index in [9.17, 15) is 9.59 Å². The number of piperazine rings is 1. The Bertz CT molecular complexity index is 338. The number of amides is 2. The van der Waals surface area contributed by atoms with Crippen molar-refractivity contribution in [1.82, 2.24) is 15.1 Å². The molecule has 2 rings (SSSR count). The summed E-state index contributed by atoms with van der Waals surface area (Å²) in [5, 5.41) is 3.24. The van der Waals surface area contributed by atoms with Crippen LogP contribution in [0.5, 0.6) is 0 Å². The zero-order valence-electron chi connectivity index (χ0n) is 12.0. The van der Waals surface area contributed by atoms with Gasteiger partial charge in [-0.25, -0.2) is 0 Å². The molecule has 0 saturated carbocycles. The second-order valence-electron chi connectivity index (χ2n) is 5.06. The van der Waals surface area contributed by atoms with Gasteiger partial charge in [0, 0.05) is 38.4 Å². The molecule has 2 aliphatic rings. The highest BCUT2D eigenvalue weighted by molar-refractivity contribution is 7.99. The molecule has 2 saturated heterocycles. The molecule has 0 aromatic heterocycles. The van der Waals surface area contributed by atoms with Gasteiger partial charge >= 0.3 is 0 Å². The summed E-state index contributed by atoms with van der Waals surface area (Å²) in [7, 11) is 0. The van der Waals surface area contributed by atoms with E-state index in [4.69, 9.17) is 0 Å². The molecule has 0 aromatic carbocycles. The predicted molar refractivity (Wildman–Crippen MR) is 84.2 cm³/mol. The maximum atomic E-state index is 12.5. The summed E-state index contributed by atoms with van der Waals surface area (Å²) in [6.45, 7) is 5.31. The van der Waals surface area contributed by atoms with Crippen LogP contribution < -0.4 is 5.32 Å². The number of carbonyl (C=O) groups excluding carboxylic acids is 2. The Labute approximate surface area is 131 Å². The maximum absolute atomic E-state index is 12.5. The first-order valence-electron chi connectivity index (χ1n) is 7.10. The molecule has 2 fully saturated rings. The fourth-order valence-electron chi connectivity index (χ4n) is 2.46. The van der Waals surface area contributed by atoms with E-state index in [2.05, 4.69) is 12.2 Å². The van der Waals surface area contributed by atoms with Crippen LogP contribution in [0.2, 0.25) is 0 Å². The third-order valence-electron chi connectivity index (χ3n) is 3.66. The molecule has 2 heterocycles. The van der Waals surface area contributed by atoms with Crippen molar-refractivity contribution in [3.8, 4) is 0 Å². The monoisotopic (exact) mass is 321 g/mol. The molecule has 0 spiro atoms. The van der Waals surface area contributed by atoms with Crippen LogP contribution in [0.1, 0.15) is 26.2 Å². The van der Waals surface area contributed by atoms with E-state index < -0.39 is 0 Å². The van der Waals surface area contributed by atoms with E-state index in [1.54, 1.807) is 16.7 Å². The standard InChI is InChI=1S/C13H23N3O2S.ClH/c1-2-3-4-12(17)16-10-19-9-11(16)13(18)15-7-5-14-6-8-15;/h11,14H,2-10H2,1H3;1H. The molecule has 5 nitrogen and oxygen atoms in total. The second kappa shape index (κ2) is 8.74. The zero-order chi connectivity index (χ0) is 13.7. The third kappa shape index (κ3) is 4.27. The van der Waals surface area contributed by atoms with Crippen LogP contribution in [-0.2, 0) is 9.59 Å². The number of nitrogens with zero attached hydrogens (tertiary/aromatic N) is 2. The number of hydrogen-bond acceptors (Lipinski definition) is 4. The van der Waals surface area contributed by atoms with Gasteiger partial charge in [-0.1, -0.05) is 13.3 Å². The quantitative estimate of drug-likeness (QED) is 0.837. The van der Waals surface area contributed by atoms with E-state index in [0.29, 0.717) is 12.3 Å². The van der Waals surface area contributed by atoms with Gasteiger partial charge in [-0.05, 0) is 6.42 Å². The number of carbonyl (C=O) groups is 2. The molecule has 0 aromatic rings. The summed E-state index contributed by atoms with van der Waals surface area (Å²) in [4.78, 5) is 28.3. The molecule has 20 heavy (non-hydrogen) atoms. The molecule has 2 aliphatic heterocycles. The van der Waals surface area contributed by atoms with Crippen molar-refractivity contribution in [2.45, 2.75) is 32.2 Å². The Morgan fingerprint density at radius 2 is 2.00 bits per heavy atom. The summed E-state index contributed by atoms with van der Waals surface area (Å²) < 4.78 is 0. The smallest absolute Gasteiger partial charge is 0.246 e. The van der Waals surface area contributed by atoms with Gasteiger partial charge in [0.1, 0.15) is 6.04 Å². The zero-order valence-corrected chi connectivity index (χ0v) is 13.6. The van der Waals surface area contributed by atoms with Gasteiger partial charge in [0.25, 0.3) is 0 Å². The number of hydrogen-bond donors (Lipinski definition) is 1. The first-order valence-corrected chi connectivity index (χ1v) is 8.26. The molecule has 1 N–H and O–H groups in total. The Morgan fingerprint density at radius 1 is 1.30 bits per heavy atom. The lowest BCUT2D eigenvalue weighted by atomic mass is 10.2. The number of unbranched alkanes of at least 4 members (excludes halogenated alkanes) is 1. The second-order valence-corrected chi connectivity index (χ2v) is 6.06. The first kappa shape index (κ1) is 17.6. The van der Waals surface area contributed by atoms with E-state index in [-0.39, 0.29) is 30.3 Å². The summed E-state index contributed by atoms with van der Waals surface area (Å²) in [5.41, 5.74) is 0. The fourth-order valence-corrected chi connectivity index (χ4v) is 3.63. The average molecular weight is 322 g/mol. The van der Waals surface area contributed by atoms with Crippen LogP contribution in [0.4, 0.5) is 0 Å². The van der Waals surface area contributed by atoms with E-state index in [1.807, 2.05) is 4.90 Å². The predicted octanol–water partition coefficient (Wildman–Crippen LogP) is 0.932. The van der Waals surface area contributed by atoms with E-state index >= 15 is 0 Å². The van der Waals surface area contributed by atoms with Gasteiger partial charge in [0.15, 0.2) is 0 Å². The molecule has 0 radical (unpaired) electrons. The number of halogens is 1.